The van der Waals surface area contributed by atoms with Crippen LogP contribution in [0.3, 0.4) is 0 Å². The van der Waals surface area contributed by atoms with Gasteiger partial charge in [0.1, 0.15) is 0 Å². The van der Waals surface area contributed by atoms with Crippen LogP contribution in [0.25, 0.3) is 5.59 Å². The Kier molecular flexibility index (Phi) is 138. The largest absolute Gasteiger partial charge is 0.577 e. The SMILES string of the molecule is [CH2-]C.[CH2-]C.[CH3-].[N-]=O.[W].c1cc[cH-]c1. The van der Waals surface area contributed by atoms with Crippen LogP contribution in [0, 0.1) is 26.2 Å². The Labute approximate surface area is 97.1 Å². The van der Waals surface area contributed by atoms with E-state index in [2.05, 4.69) is 13.8 Å². The van der Waals surface area contributed by atoms with E-state index in [-0.39, 0.29) is 28.5 Å². The number of rotatable bonds is 0. The molecule has 0 fully saturated rings. The molecule has 80 valence electrons. The summed E-state index contributed by atoms with van der Waals surface area (Å²) >= 11 is 0. The number of nitrogens with zero attached hydrogens (tertiary/aromatic N) is 1. The van der Waals surface area contributed by atoms with Gasteiger partial charge >= 0.3 is 0 Å². The van der Waals surface area contributed by atoms with Gasteiger partial charge in [0.25, 0.3) is 0 Å². The molecule has 3 heteroatoms. The minimum Gasteiger partial charge on any atom is -0.577 e. The molecule has 0 unspecified atom stereocenters. The van der Waals surface area contributed by atoms with Gasteiger partial charge in [0, 0.05) is 21.1 Å². The number of hydrogen-bond donors (Lipinski definition) is 0. The zero-order valence-electron chi connectivity index (χ0n) is 8.56. The molecule has 13 heavy (non-hydrogen) atoms. The third-order valence-electron chi connectivity index (χ3n) is 0.556. The molecule has 0 spiro atoms. The summed E-state index contributed by atoms with van der Waals surface area (Å²) in [6, 6.07) is 10.0. The quantitative estimate of drug-likeness (QED) is 0.654. The van der Waals surface area contributed by atoms with Crippen LogP contribution in [-0.2, 0) is 21.1 Å². The second-order valence-corrected chi connectivity index (χ2v) is 0.962. The summed E-state index contributed by atoms with van der Waals surface area (Å²) in [6.45, 7) is 10.0. The monoisotopic (exact) mass is 352 g/mol. The molecule has 0 aliphatic rings. The summed E-state index contributed by atoms with van der Waals surface area (Å²) in [6.07, 6.45) is 0. The Morgan fingerprint density at radius 1 is 1.00 bits per heavy atom. The van der Waals surface area contributed by atoms with Crippen molar-refractivity contribution in [2.75, 3.05) is 0 Å². The Balaban J connectivity index is -0.0000000239. The van der Waals surface area contributed by atoms with Crippen LogP contribution < -0.4 is 0 Å². The first-order valence-corrected chi connectivity index (χ1v) is 3.26. The maximum atomic E-state index is 7.25. The van der Waals surface area contributed by atoms with Gasteiger partial charge in [-0.25, -0.2) is 12.1 Å². The van der Waals surface area contributed by atoms with Gasteiger partial charge in [-0.2, -0.15) is 32.0 Å². The van der Waals surface area contributed by atoms with Crippen molar-refractivity contribution in [3.05, 3.63) is 62.1 Å². The standard InChI is InChI=1S/C5H5.2C2H5.CH3.NO.W/c1-2-4-5-3-1;2*1-2;;1-2;/h1-5H;2*1H2,2H3;1H3;;/q5*-1;. The molecule has 0 aromatic heterocycles. The van der Waals surface area contributed by atoms with Crippen LogP contribution in [0.2, 0.25) is 0 Å². The van der Waals surface area contributed by atoms with Crippen LogP contribution >= 0.6 is 0 Å². The van der Waals surface area contributed by atoms with Gasteiger partial charge in [0.2, 0.25) is 0 Å². The van der Waals surface area contributed by atoms with Crippen molar-refractivity contribution in [2.24, 2.45) is 0 Å². The average molecular weight is 352 g/mol. The fourth-order valence-corrected chi connectivity index (χ4v) is 0.321. The first-order chi connectivity index (χ1) is 5.50. The van der Waals surface area contributed by atoms with E-state index in [1.165, 1.54) is 0 Å². The fourth-order valence-electron chi connectivity index (χ4n) is 0.321. The summed E-state index contributed by atoms with van der Waals surface area (Å²) in [5, 5.41) is 0. The van der Waals surface area contributed by atoms with E-state index < -0.39 is 0 Å². The second-order valence-electron chi connectivity index (χ2n) is 0.962. The summed E-state index contributed by atoms with van der Waals surface area (Å²) in [7, 11) is 0. The molecule has 1 aromatic rings. The van der Waals surface area contributed by atoms with Crippen LogP contribution in [0.4, 0.5) is 0 Å². The maximum absolute atomic E-state index is 7.25. The Morgan fingerprint density at radius 3 is 1.31 bits per heavy atom. The Hall–Kier alpha value is -0.362. The van der Waals surface area contributed by atoms with Gasteiger partial charge in [-0.15, -0.1) is 0 Å². The van der Waals surface area contributed by atoms with E-state index >= 15 is 0 Å². The molecule has 0 N–H and O–H groups in total. The molecule has 0 amide bonds. The topological polar surface area (TPSA) is 39.4 Å². The van der Waals surface area contributed by atoms with Gasteiger partial charge in [0.05, 0.1) is 0 Å². The van der Waals surface area contributed by atoms with Crippen LogP contribution in [0.1, 0.15) is 13.8 Å². The van der Waals surface area contributed by atoms with Crippen molar-refractivity contribution in [3.8, 4) is 0 Å². The van der Waals surface area contributed by atoms with Crippen LogP contribution in [-0.4, -0.2) is 0 Å². The van der Waals surface area contributed by atoms with Crippen molar-refractivity contribution in [2.45, 2.75) is 13.8 Å². The zero-order valence-corrected chi connectivity index (χ0v) is 11.5. The fraction of sp³-hybridized carbons (Fsp3) is 0.200. The molecule has 0 saturated heterocycles. The van der Waals surface area contributed by atoms with Gasteiger partial charge in [-0.05, 0) is 0 Å². The summed E-state index contributed by atoms with van der Waals surface area (Å²) in [4.78, 5) is 7.25. The van der Waals surface area contributed by atoms with Crippen molar-refractivity contribution in [3.63, 3.8) is 0 Å². The third kappa shape index (κ3) is 50.3. The molecule has 0 radical (unpaired) electrons. The first kappa shape index (κ1) is 29.3. The molecule has 0 heterocycles. The molecule has 0 aliphatic carbocycles. The van der Waals surface area contributed by atoms with Crippen LogP contribution in [0.5, 0.6) is 0 Å². The minimum atomic E-state index is 0. The van der Waals surface area contributed by atoms with Gasteiger partial charge in [-0.3, -0.25) is 0 Å². The van der Waals surface area contributed by atoms with Gasteiger partial charge in [-0.1, -0.05) is 0 Å². The van der Waals surface area contributed by atoms with E-state index in [1.54, 1.807) is 13.8 Å². The van der Waals surface area contributed by atoms with Crippen molar-refractivity contribution in [1.29, 1.82) is 0 Å². The molecule has 0 atom stereocenters. The average Bonchev–Trinajstić information content (AvgIpc) is 2.71. The van der Waals surface area contributed by atoms with E-state index in [9.17, 15) is 0 Å². The normalized spacial score (nSPS) is 4.31. The van der Waals surface area contributed by atoms with E-state index in [0.717, 1.165) is 0 Å². The number of hydrogen-bond acceptors (Lipinski definition) is 1. The summed E-state index contributed by atoms with van der Waals surface area (Å²) in [5.74, 6) is 0. The number of nitroso groups, excluding NO2 is 1. The minimum absolute atomic E-state index is 0. The van der Waals surface area contributed by atoms with Crippen LogP contribution in [0.15, 0.2) is 30.3 Å². The Bertz CT molecular complexity index is 81.8. The molecule has 0 saturated carbocycles. The first-order valence-electron chi connectivity index (χ1n) is 3.26. The molecule has 0 bridgehead atoms. The zero-order chi connectivity index (χ0) is 9.54. The smallest absolute Gasteiger partial charge is 0 e. The third-order valence-corrected chi connectivity index (χ3v) is 0.556. The molecule has 2 nitrogen and oxygen atoms in total. The van der Waals surface area contributed by atoms with E-state index in [1.807, 2.05) is 30.3 Å². The van der Waals surface area contributed by atoms with Gasteiger partial charge < -0.3 is 31.8 Å². The predicted octanol–water partition coefficient (Wildman–Crippen LogP) is 3.86. The Morgan fingerprint density at radius 2 is 1.23 bits per heavy atom. The van der Waals surface area contributed by atoms with E-state index in [4.69, 9.17) is 10.5 Å². The van der Waals surface area contributed by atoms with Gasteiger partial charge in [0.15, 0.2) is 0 Å². The predicted molar refractivity (Wildman–Crippen MR) is 57.2 cm³/mol. The maximum Gasteiger partial charge on any atom is 0 e. The second kappa shape index (κ2) is 61.2. The molecular weight excluding hydrogens is 334 g/mol. The summed E-state index contributed by atoms with van der Waals surface area (Å²) < 4.78 is 0. The molecule has 0 aliphatic heterocycles. The van der Waals surface area contributed by atoms with Crippen molar-refractivity contribution >= 4 is 0 Å². The van der Waals surface area contributed by atoms with Crippen molar-refractivity contribution in [1.82, 2.24) is 0 Å². The molecule has 1 aromatic carbocycles. The molecular formula is C10H18NOW-5. The molecule has 1 rings (SSSR count). The van der Waals surface area contributed by atoms with E-state index in [0.29, 0.717) is 0 Å². The summed E-state index contributed by atoms with van der Waals surface area (Å²) in [5.41, 5.74) is 5.75. The van der Waals surface area contributed by atoms with Crippen molar-refractivity contribution < 1.29 is 21.1 Å².